The lowest BCUT2D eigenvalue weighted by Gasteiger charge is -2.17. The van der Waals surface area contributed by atoms with Crippen molar-refractivity contribution in [3.05, 3.63) is 71.8 Å². The lowest BCUT2D eigenvalue weighted by Crippen LogP contribution is -2.27. The van der Waals surface area contributed by atoms with Gasteiger partial charge in [0.25, 0.3) is 0 Å². The molecule has 0 aromatic heterocycles. The van der Waals surface area contributed by atoms with Crippen LogP contribution in [0.15, 0.2) is 60.7 Å². The van der Waals surface area contributed by atoms with E-state index in [1.54, 1.807) is 0 Å². The van der Waals surface area contributed by atoms with E-state index < -0.39 is 0 Å². The molecular weight excluding hydrogens is 314 g/mol. The second-order valence-electron chi connectivity index (χ2n) is 4.62. The van der Waals surface area contributed by atoms with Crippen molar-refractivity contribution in [2.45, 2.75) is 12.3 Å². The second kappa shape index (κ2) is 7.85. The second-order valence-corrected chi connectivity index (χ2v) is 5.41. The highest BCUT2D eigenvalue weighted by molar-refractivity contribution is 9.09. The van der Waals surface area contributed by atoms with Crippen LogP contribution in [-0.2, 0) is 4.79 Å². The predicted molar refractivity (Wildman–Crippen MR) is 86.1 cm³/mol. The van der Waals surface area contributed by atoms with Crippen LogP contribution in [0.25, 0.3) is 0 Å². The third-order valence-corrected chi connectivity index (χ3v) is 3.61. The maximum Gasteiger partial charge on any atom is 0.220 e. The van der Waals surface area contributed by atoms with Crippen LogP contribution in [0.4, 0.5) is 0 Å². The zero-order valence-electron chi connectivity index (χ0n) is 11.3. The first-order valence-corrected chi connectivity index (χ1v) is 7.86. The molecule has 104 valence electrons. The molecule has 0 aliphatic carbocycles. The summed E-state index contributed by atoms with van der Waals surface area (Å²) < 4.78 is 0. The molecule has 0 aliphatic rings. The molecule has 1 amide bonds. The Balaban J connectivity index is 2.19. The van der Waals surface area contributed by atoms with E-state index in [4.69, 9.17) is 0 Å². The third kappa shape index (κ3) is 4.20. The number of carbonyl (C=O) groups excluding carboxylic acids is 1. The van der Waals surface area contributed by atoms with E-state index in [0.717, 1.165) is 5.33 Å². The molecule has 2 aromatic rings. The van der Waals surface area contributed by atoms with Gasteiger partial charge < -0.3 is 5.32 Å². The van der Waals surface area contributed by atoms with Crippen LogP contribution < -0.4 is 5.32 Å². The van der Waals surface area contributed by atoms with Crippen LogP contribution in [0.3, 0.4) is 0 Å². The molecular formula is C17H18BrNO. The van der Waals surface area contributed by atoms with E-state index in [2.05, 4.69) is 45.5 Å². The Morgan fingerprint density at radius 1 is 0.950 bits per heavy atom. The van der Waals surface area contributed by atoms with Gasteiger partial charge in [-0.15, -0.1) is 0 Å². The van der Waals surface area contributed by atoms with Crippen molar-refractivity contribution in [2.24, 2.45) is 0 Å². The molecule has 3 heteroatoms. The molecule has 1 N–H and O–H groups in total. The van der Waals surface area contributed by atoms with Gasteiger partial charge in [0.05, 0.1) is 0 Å². The Bertz CT molecular complexity index is 488. The molecule has 0 radical (unpaired) electrons. The Kier molecular flexibility index (Phi) is 5.81. The van der Waals surface area contributed by atoms with Crippen LogP contribution in [0, 0.1) is 0 Å². The quantitative estimate of drug-likeness (QED) is 0.803. The molecule has 0 saturated heterocycles. The maximum absolute atomic E-state index is 12.0. The molecule has 0 atom stereocenters. The van der Waals surface area contributed by atoms with Gasteiger partial charge in [-0.2, -0.15) is 0 Å². The summed E-state index contributed by atoms with van der Waals surface area (Å²) in [5.41, 5.74) is 2.35. The summed E-state index contributed by atoms with van der Waals surface area (Å²) in [6, 6.07) is 20.4. The van der Waals surface area contributed by atoms with Crippen molar-refractivity contribution in [1.29, 1.82) is 0 Å². The standard InChI is InChI=1S/C17H18BrNO/c18-11-12-19-17(20)13-16(14-7-3-1-4-8-14)15-9-5-2-6-10-15/h1-10,16H,11-13H2,(H,19,20). The van der Waals surface area contributed by atoms with Crippen molar-refractivity contribution < 1.29 is 4.79 Å². The van der Waals surface area contributed by atoms with Crippen molar-refractivity contribution in [2.75, 3.05) is 11.9 Å². The zero-order valence-corrected chi connectivity index (χ0v) is 12.8. The number of alkyl halides is 1. The molecule has 2 rings (SSSR count). The average Bonchev–Trinajstić information content (AvgIpc) is 2.52. The summed E-state index contributed by atoms with van der Waals surface area (Å²) >= 11 is 3.32. The van der Waals surface area contributed by atoms with Crippen LogP contribution in [-0.4, -0.2) is 17.8 Å². The van der Waals surface area contributed by atoms with Gasteiger partial charge in [-0.1, -0.05) is 76.6 Å². The number of halogens is 1. The zero-order chi connectivity index (χ0) is 14.2. The fourth-order valence-electron chi connectivity index (χ4n) is 2.24. The van der Waals surface area contributed by atoms with Gasteiger partial charge in [0.15, 0.2) is 0 Å². The summed E-state index contributed by atoms with van der Waals surface area (Å²) in [6.07, 6.45) is 0.473. The van der Waals surface area contributed by atoms with Gasteiger partial charge in [-0.05, 0) is 11.1 Å². The first-order chi connectivity index (χ1) is 9.81. The Hall–Kier alpha value is -1.61. The smallest absolute Gasteiger partial charge is 0.220 e. The molecule has 2 aromatic carbocycles. The largest absolute Gasteiger partial charge is 0.355 e. The molecule has 0 spiro atoms. The number of hydrogen-bond acceptors (Lipinski definition) is 1. The normalized spacial score (nSPS) is 10.5. The summed E-state index contributed by atoms with van der Waals surface area (Å²) in [7, 11) is 0. The van der Waals surface area contributed by atoms with E-state index in [1.165, 1.54) is 11.1 Å². The van der Waals surface area contributed by atoms with Crippen molar-refractivity contribution in [1.82, 2.24) is 5.32 Å². The summed E-state index contributed by atoms with van der Waals surface area (Å²) in [5.74, 6) is 0.190. The summed E-state index contributed by atoms with van der Waals surface area (Å²) in [4.78, 5) is 12.0. The van der Waals surface area contributed by atoms with E-state index in [1.807, 2.05) is 36.4 Å². The molecule has 0 aliphatic heterocycles. The van der Waals surface area contributed by atoms with E-state index in [-0.39, 0.29) is 11.8 Å². The number of amides is 1. The highest BCUT2D eigenvalue weighted by Crippen LogP contribution is 2.27. The number of rotatable bonds is 6. The Morgan fingerprint density at radius 2 is 1.45 bits per heavy atom. The topological polar surface area (TPSA) is 29.1 Å². The molecule has 0 saturated carbocycles. The van der Waals surface area contributed by atoms with Crippen molar-refractivity contribution in [3.8, 4) is 0 Å². The lowest BCUT2D eigenvalue weighted by molar-refractivity contribution is -0.121. The van der Waals surface area contributed by atoms with Crippen LogP contribution in [0.1, 0.15) is 23.5 Å². The monoisotopic (exact) mass is 331 g/mol. The fraction of sp³-hybridized carbons (Fsp3) is 0.235. The van der Waals surface area contributed by atoms with E-state index >= 15 is 0 Å². The molecule has 20 heavy (non-hydrogen) atoms. The Labute approximate surface area is 128 Å². The van der Waals surface area contributed by atoms with Crippen molar-refractivity contribution >= 4 is 21.8 Å². The van der Waals surface area contributed by atoms with E-state index in [0.29, 0.717) is 13.0 Å². The number of hydrogen-bond donors (Lipinski definition) is 1. The summed E-state index contributed by atoms with van der Waals surface area (Å²) in [5, 5.41) is 3.69. The molecule has 0 heterocycles. The molecule has 2 nitrogen and oxygen atoms in total. The van der Waals surface area contributed by atoms with Gasteiger partial charge in [0.2, 0.25) is 5.91 Å². The number of carbonyl (C=O) groups is 1. The average molecular weight is 332 g/mol. The summed E-state index contributed by atoms with van der Waals surface area (Å²) in [6.45, 7) is 0.662. The molecule has 0 fully saturated rings. The SMILES string of the molecule is O=C(CC(c1ccccc1)c1ccccc1)NCCBr. The predicted octanol–water partition coefficient (Wildman–Crippen LogP) is 3.72. The van der Waals surface area contributed by atoms with Gasteiger partial charge >= 0.3 is 0 Å². The number of benzene rings is 2. The fourth-order valence-corrected chi connectivity index (χ4v) is 2.44. The minimum atomic E-state index is 0.0853. The van der Waals surface area contributed by atoms with E-state index in [9.17, 15) is 4.79 Å². The van der Waals surface area contributed by atoms with Gasteiger partial charge in [-0.25, -0.2) is 0 Å². The van der Waals surface area contributed by atoms with Crippen LogP contribution in [0.5, 0.6) is 0 Å². The minimum absolute atomic E-state index is 0.0853. The first-order valence-electron chi connectivity index (χ1n) is 6.74. The first kappa shape index (κ1) is 14.8. The van der Waals surface area contributed by atoms with Gasteiger partial charge in [0.1, 0.15) is 0 Å². The highest BCUT2D eigenvalue weighted by Gasteiger charge is 2.17. The molecule has 0 unspecified atom stereocenters. The molecule has 0 bridgehead atoms. The van der Waals surface area contributed by atoms with Gasteiger partial charge in [-0.3, -0.25) is 4.79 Å². The maximum atomic E-state index is 12.0. The van der Waals surface area contributed by atoms with Gasteiger partial charge in [0, 0.05) is 24.2 Å². The minimum Gasteiger partial charge on any atom is -0.355 e. The van der Waals surface area contributed by atoms with Crippen molar-refractivity contribution in [3.63, 3.8) is 0 Å². The Morgan fingerprint density at radius 3 is 1.90 bits per heavy atom. The highest BCUT2D eigenvalue weighted by atomic mass is 79.9. The number of nitrogens with one attached hydrogen (secondary N) is 1. The van der Waals surface area contributed by atoms with Crippen LogP contribution in [0.2, 0.25) is 0 Å². The third-order valence-electron chi connectivity index (χ3n) is 3.21. The lowest BCUT2D eigenvalue weighted by atomic mass is 9.88. The van der Waals surface area contributed by atoms with Crippen LogP contribution >= 0.6 is 15.9 Å².